The number of rotatable bonds is 8. The molecule has 0 bridgehead atoms. The quantitative estimate of drug-likeness (QED) is 0.517. The zero-order valence-corrected chi connectivity index (χ0v) is 17.3. The molecule has 1 aromatic heterocycles. The fourth-order valence-electron chi connectivity index (χ4n) is 3.88. The van der Waals surface area contributed by atoms with E-state index in [-0.39, 0.29) is 6.42 Å². The van der Waals surface area contributed by atoms with Gasteiger partial charge < -0.3 is 4.98 Å². The van der Waals surface area contributed by atoms with Crippen LogP contribution in [0.4, 0.5) is 13.2 Å². The SMILES string of the molecule is CC[C@H](CCCc1[nH]c(=O)[nH]c(=O)c1Cc1cccc(C(F)(F)F)c1)c1ccccc1. The van der Waals surface area contributed by atoms with Gasteiger partial charge in [0.2, 0.25) is 0 Å². The van der Waals surface area contributed by atoms with Gasteiger partial charge in [-0.05, 0) is 48.8 Å². The average molecular weight is 430 g/mol. The molecule has 7 heteroatoms. The van der Waals surface area contributed by atoms with Gasteiger partial charge in [-0.1, -0.05) is 55.5 Å². The Morgan fingerprint density at radius 2 is 1.71 bits per heavy atom. The van der Waals surface area contributed by atoms with Gasteiger partial charge in [0.05, 0.1) is 5.56 Å². The highest BCUT2D eigenvalue weighted by Crippen LogP contribution is 2.30. The largest absolute Gasteiger partial charge is 0.416 e. The van der Waals surface area contributed by atoms with Crippen molar-refractivity contribution in [3.05, 3.63) is 103 Å². The highest BCUT2D eigenvalue weighted by Gasteiger charge is 2.30. The molecule has 0 saturated heterocycles. The van der Waals surface area contributed by atoms with E-state index in [9.17, 15) is 22.8 Å². The standard InChI is InChI=1S/C24H25F3N2O2/c1-2-17(18-9-4-3-5-10-18)11-7-13-21-20(22(30)29-23(31)28-21)15-16-8-6-12-19(14-16)24(25,26)27/h3-6,8-10,12,14,17H,2,7,11,13,15H2,1H3,(H2,28,29,30,31)/t17-/m1/s1. The summed E-state index contributed by atoms with van der Waals surface area (Å²) in [6.07, 6.45) is -1.39. The van der Waals surface area contributed by atoms with E-state index >= 15 is 0 Å². The van der Waals surface area contributed by atoms with E-state index in [2.05, 4.69) is 29.0 Å². The van der Waals surface area contributed by atoms with Gasteiger partial charge in [-0.15, -0.1) is 0 Å². The summed E-state index contributed by atoms with van der Waals surface area (Å²) in [5.41, 5.74) is 0.453. The van der Waals surface area contributed by atoms with Crippen LogP contribution in [-0.2, 0) is 19.0 Å². The molecule has 1 heterocycles. The lowest BCUT2D eigenvalue weighted by atomic mass is 9.90. The molecule has 0 unspecified atom stereocenters. The van der Waals surface area contributed by atoms with Crippen LogP contribution in [-0.4, -0.2) is 9.97 Å². The average Bonchev–Trinajstić information content (AvgIpc) is 2.74. The molecule has 0 fully saturated rings. The molecular weight excluding hydrogens is 405 g/mol. The summed E-state index contributed by atoms with van der Waals surface area (Å²) >= 11 is 0. The number of H-pyrrole nitrogens is 2. The van der Waals surface area contributed by atoms with Crippen molar-refractivity contribution < 1.29 is 13.2 Å². The number of benzene rings is 2. The Kier molecular flexibility index (Phi) is 7.15. The molecular formula is C24H25F3N2O2. The highest BCUT2D eigenvalue weighted by molar-refractivity contribution is 5.31. The predicted molar refractivity (Wildman–Crippen MR) is 114 cm³/mol. The maximum absolute atomic E-state index is 13.0. The monoisotopic (exact) mass is 430 g/mol. The first kappa shape index (κ1) is 22.6. The van der Waals surface area contributed by atoms with Gasteiger partial charge in [0.1, 0.15) is 0 Å². The minimum Gasteiger partial charge on any atom is -0.311 e. The van der Waals surface area contributed by atoms with Gasteiger partial charge in [-0.25, -0.2) is 4.79 Å². The van der Waals surface area contributed by atoms with Crippen LogP contribution in [0.1, 0.15) is 60.1 Å². The molecule has 0 saturated carbocycles. The van der Waals surface area contributed by atoms with Gasteiger partial charge in [0, 0.05) is 17.7 Å². The summed E-state index contributed by atoms with van der Waals surface area (Å²) in [4.78, 5) is 29.1. The minimum atomic E-state index is -4.46. The van der Waals surface area contributed by atoms with Crippen molar-refractivity contribution >= 4 is 0 Å². The Labute approximate surface area is 178 Å². The molecule has 31 heavy (non-hydrogen) atoms. The fraction of sp³-hybridized carbons (Fsp3) is 0.333. The van der Waals surface area contributed by atoms with Crippen molar-refractivity contribution in [1.82, 2.24) is 9.97 Å². The number of aromatic nitrogens is 2. The van der Waals surface area contributed by atoms with E-state index < -0.39 is 23.0 Å². The van der Waals surface area contributed by atoms with Crippen LogP contribution in [0.15, 0.2) is 64.2 Å². The van der Waals surface area contributed by atoms with Gasteiger partial charge in [0.15, 0.2) is 0 Å². The van der Waals surface area contributed by atoms with Crippen molar-refractivity contribution in [1.29, 1.82) is 0 Å². The summed E-state index contributed by atoms with van der Waals surface area (Å²) in [7, 11) is 0. The van der Waals surface area contributed by atoms with Crippen LogP contribution >= 0.6 is 0 Å². The summed E-state index contributed by atoms with van der Waals surface area (Å²) in [5.74, 6) is 0.363. The Hall–Kier alpha value is -3.09. The lowest BCUT2D eigenvalue weighted by Crippen LogP contribution is -2.28. The first-order chi connectivity index (χ1) is 14.8. The van der Waals surface area contributed by atoms with E-state index in [1.54, 1.807) is 6.07 Å². The summed E-state index contributed by atoms with van der Waals surface area (Å²) in [6.45, 7) is 2.12. The molecule has 0 aliphatic heterocycles. The molecule has 0 spiro atoms. The van der Waals surface area contributed by atoms with Gasteiger partial charge in [0.25, 0.3) is 5.56 Å². The summed E-state index contributed by atoms with van der Waals surface area (Å²) in [5, 5.41) is 0. The van der Waals surface area contributed by atoms with Gasteiger partial charge in [-0.2, -0.15) is 13.2 Å². The van der Waals surface area contributed by atoms with E-state index in [4.69, 9.17) is 0 Å². The Morgan fingerprint density at radius 3 is 2.39 bits per heavy atom. The van der Waals surface area contributed by atoms with Crippen LogP contribution in [0.3, 0.4) is 0 Å². The molecule has 0 amide bonds. The van der Waals surface area contributed by atoms with Gasteiger partial charge >= 0.3 is 11.9 Å². The van der Waals surface area contributed by atoms with Crippen LogP contribution in [0.5, 0.6) is 0 Å². The maximum Gasteiger partial charge on any atom is 0.416 e. The van der Waals surface area contributed by atoms with E-state index in [1.807, 2.05) is 18.2 Å². The molecule has 164 valence electrons. The lowest BCUT2D eigenvalue weighted by molar-refractivity contribution is -0.137. The van der Waals surface area contributed by atoms with Gasteiger partial charge in [-0.3, -0.25) is 9.78 Å². The fourth-order valence-corrected chi connectivity index (χ4v) is 3.88. The predicted octanol–water partition coefficient (Wildman–Crippen LogP) is 5.19. The smallest absolute Gasteiger partial charge is 0.311 e. The van der Waals surface area contributed by atoms with Crippen LogP contribution in [0.2, 0.25) is 0 Å². The zero-order chi connectivity index (χ0) is 22.4. The number of hydrogen-bond acceptors (Lipinski definition) is 2. The van der Waals surface area contributed by atoms with E-state index in [0.29, 0.717) is 29.2 Å². The Morgan fingerprint density at radius 1 is 0.968 bits per heavy atom. The molecule has 0 aliphatic carbocycles. The molecule has 2 aromatic carbocycles. The number of aryl methyl sites for hydroxylation is 1. The number of alkyl halides is 3. The van der Waals surface area contributed by atoms with E-state index in [1.165, 1.54) is 11.6 Å². The lowest BCUT2D eigenvalue weighted by Gasteiger charge is -2.16. The Balaban J connectivity index is 1.79. The van der Waals surface area contributed by atoms with Crippen molar-refractivity contribution in [3.8, 4) is 0 Å². The van der Waals surface area contributed by atoms with Crippen molar-refractivity contribution in [3.63, 3.8) is 0 Å². The third-order valence-electron chi connectivity index (χ3n) is 5.51. The third-order valence-corrected chi connectivity index (χ3v) is 5.51. The number of halogens is 3. The first-order valence-corrected chi connectivity index (χ1v) is 10.3. The normalized spacial score (nSPS) is 12.6. The zero-order valence-electron chi connectivity index (χ0n) is 17.3. The second-order valence-corrected chi connectivity index (χ2v) is 7.65. The van der Waals surface area contributed by atoms with Crippen molar-refractivity contribution in [2.24, 2.45) is 0 Å². The molecule has 3 aromatic rings. The molecule has 0 radical (unpaired) electrons. The first-order valence-electron chi connectivity index (χ1n) is 10.3. The molecule has 4 nitrogen and oxygen atoms in total. The van der Waals surface area contributed by atoms with Crippen LogP contribution in [0, 0.1) is 0 Å². The second kappa shape index (κ2) is 9.81. The summed E-state index contributed by atoms with van der Waals surface area (Å²) < 4.78 is 39.1. The molecule has 3 rings (SSSR count). The number of nitrogens with one attached hydrogen (secondary N) is 2. The van der Waals surface area contributed by atoms with Crippen LogP contribution in [0.25, 0.3) is 0 Å². The maximum atomic E-state index is 13.0. The summed E-state index contributed by atoms with van der Waals surface area (Å²) in [6, 6.07) is 15.0. The second-order valence-electron chi connectivity index (χ2n) is 7.65. The molecule has 0 aliphatic rings. The highest BCUT2D eigenvalue weighted by atomic mass is 19.4. The van der Waals surface area contributed by atoms with Crippen molar-refractivity contribution in [2.75, 3.05) is 0 Å². The molecule has 2 N–H and O–H groups in total. The number of hydrogen-bond donors (Lipinski definition) is 2. The Bertz CT molecular complexity index is 1120. The minimum absolute atomic E-state index is 0.0151. The topological polar surface area (TPSA) is 65.7 Å². The molecule has 1 atom stereocenters. The third kappa shape index (κ3) is 5.96. The van der Waals surface area contributed by atoms with Crippen LogP contribution < -0.4 is 11.2 Å². The van der Waals surface area contributed by atoms with E-state index in [0.717, 1.165) is 31.4 Å². The van der Waals surface area contributed by atoms with Crippen molar-refractivity contribution in [2.45, 2.75) is 51.1 Å². The number of aromatic amines is 2.